The largest absolute Gasteiger partial charge is 0.481 e. The van der Waals surface area contributed by atoms with Crippen LogP contribution >= 0.6 is 0 Å². The summed E-state index contributed by atoms with van der Waals surface area (Å²) in [5, 5.41) is 41.6. The Morgan fingerprint density at radius 2 is 1.18 bits per heavy atom. The van der Waals surface area contributed by atoms with Gasteiger partial charge in [0, 0.05) is 31.7 Å². The van der Waals surface area contributed by atoms with Crippen molar-refractivity contribution in [3.8, 4) is 0 Å². The van der Waals surface area contributed by atoms with Crippen molar-refractivity contribution in [2.24, 2.45) is 34.8 Å². The van der Waals surface area contributed by atoms with Crippen molar-refractivity contribution in [1.29, 1.82) is 0 Å². The van der Waals surface area contributed by atoms with E-state index in [4.69, 9.17) is 28.0 Å². The van der Waals surface area contributed by atoms with Crippen LogP contribution in [0.15, 0.2) is 30.3 Å². The average molecular weight is 963 g/mol. The van der Waals surface area contributed by atoms with Gasteiger partial charge in [-0.2, -0.15) is 0 Å². The van der Waals surface area contributed by atoms with E-state index in [9.17, 15) is 63.0 Å². The highest BCUT2D eigenvalue weighted by Crippen LogP contribution is 2.22. The van der Waals surface area contributed by atoms with Crippen LogP contribution in [0.1, 0.15) is 105 Å². The van der Waals surface area contributed by atoms with Crippen molar-refractivity contribution in [2.45, 2.75) is 160 Å². The van der Waals surface area contributed by atoms with Gasteiger partial charge < -0.3 is 64.8 Å². The lowest BCUT2D eigenvalue weighted by atomic mass is 9.93. The van der Waals surface area contributed by atoms with Crippen LogP contribution in [0, 0.1) is 11.8 Å². The third-order valence-electron chi connectivity index (χ3n) is 10.5. The van der Waals surface area contributed by atoms with Crippen LogP contribution in [0.5, 0.6) is 0 Å². The molecular formula is C44H70N10O14. The molecule has 0 aromatic heterocycles. The third-order valence-corrected chi connectivity index (χ3v) is 10.5. The molecule has 9 amide bonds. The number of benzene rings is 1. The highest BCUT2D eigenvalue weighted by atomic mass is 16.4. The van der Waals surface area contributed by atoms with Crippen molar-refractivity contribution < 1.29 is 68.1 Å². The Labute approximate surface area is 394 Å². The standard InChI is InChI=1S/C44H70N10O14/c1-22(2)13-14-26(45)20-32(56)54(43(67)30(21-31(47)55)52-41(65)35(23(3)4)53-39(63)27(46)15-17-33(57)58)36(44(6,7)68)42(66)49-24(5)38(62)50-28(16-18-34(59)60)40(64)51-29(37(48)61)19-25-11-9-8-10-12-25/h8-12,22-24,26-30,35-36,68H,13-21,45-46H2,1-7H3,(H2,47,55)(H2,48,61)(H,49,66)(H,50,62)(H,51,64)(H,52,65)(H,53,63)(H,57,58)(H,59,60)/t24-,26?,27-,28-,29-,30-,35-,36+/m0/s1. The minimum atomic E-state index is -2.36. The zero-order chi connectivity index (χ0) is 52.2. The molecule has 0 saturated heterocycles. The molecule has 0 saturated carbocycles. The number of aliphatic hydroxyl groups is 1. The summed E-state index contributed by atoms with van der Waals surface area (Å²) < 4.78 is 0. The minimum absolute atomic E-state index is 0.0490. The number of carbonyl (C=O) groups is 11. The zero-order valence-corrected chi connectivity index (χ0v) is 39.6. The SMILES string of the molecule is CC(C)CCC(N)CC(=O)N(C(=O)[C@H](CC(N)=O)NC(=O)[C@@H](NC(=O)[C@@H](N)CCC(=O)O)C(C)C)[C@H](C(=O)N[C@@H](C)C(=O)N[C@@H](CCC(=O)O)C(=O)N[C@@H](Cc1ccccc1)C(N)=O)C(C)(C)O. The highest BCUT2D eigenvalue weighted by molar-refractivity contribution is 6.06. The number of amides is 9. The summed E-state index contributed by atoms with van der Waals surface area (Å²) in [7, 11) is 0. The summed E-state index contributed by atoms with van der Waals surface area (Å²) in [5.41, 5.74) is 21.4. The lowest BCUT2D eigenvalue weighted by Crippen LogP contribution is -2.67. The lowest BCUT2D eigenvalue weighted by molar-refractivity contribution is -0.162. The van der Waals surface area contributed by atoms with E-state index < -0.39 is 157 Å². The number of carboxylic acids is 2. The monoisotopic (exact) mass is 963 g/mol. The van der Waals surface area contributed by atoms with Crippen LogP contribution in [0.25, 0.3) is 0 Å². The van der Waals surface area contributed by atoms with Crippen molar-refractivity contribution in [3.63, 3.8) is 0 Å². The smallest absolute Gasteiger partial charge is 0.303 e. The van der Waals surface area contributed by atoms with Crippen LogP contribution in [0.2, 0.25) is 0 Å². The second kappa shape index (κ2) is 28.0. The number of rotatable bonds is 30. The Balaban J connectivity index is 3.68. The summed E-state index contributed by atoms with van der Waals surface area (Å²) in [4.78, 5) is 145. The Morgan fingerprint density at radius 3 is 1.68 bits per heavy atom. The Kier molecular flexibility index (Phi) is 24.5. The first-order chi connectivity index (χ1) is 31.5. The van der Waals surface area contributed by atoms with Crippen molar-refractivity contribution in [1.82, 2.24) is 31.5 Å². The number of nitrogens with one attached hydrogen (secondary N) is 5. The molecule has 0 radical (unpaired) electrons. The van der Waals surface area contributed by atoms with Crippen molar-refractivity contribution >= 4 is 65.1 Å². The molecule has 0 spiro atoms. The molecule has 0 aliphatic heterocycles. The lowest BCUT2D eigenvalue weighted by Gasteiger charge is -2.39. The number of nitrogens with two attached hydrogens (primary N) is 4. The number of aliphatic carboxylic acids is 2. The second-order valence-electron chi connectivity index (χ2n) is 18.0. The fourth-order valence-corrected chi connectivity index (χ4v) is 6.69. The van der Waals surface area contributed by atoms with Crippen LogP contribution in [0.3, 0.4) is 0 Å². The zero-order valence-electron chi connectivity index (χ0n) is 39.6. The Hall–Kier alpha value is -6.53. The maximum atomic E-state index is 14.7. The fraction of sp³-hybridized carbons (Fsp3) is 0.614. The number of primary amides is 2. The first-order valence-electron chi connectivity index (χ1n) is 22.1. The molecule has 1 unspecified atom stereocenters. The van der Waals surface area contributed by atoms with Crippen LogP contribution in [-0.2, 0) is 59.2 Å². The van der Waals surface area contributed by atoms with E-state index in [0.717, 1.165) is 20.8 Å². The quantitative estimate of drug-likeness (QED) is 0.0376. The molecule has 0 aliphatic carbocycles. The van der Waals surface area contributed by atoms with Gasteiger partial charge in [0.1, 0.15) is 36.3 Å². The van der Waals surface area contributed by atoms with Crippen LogP contribution in [-0.4, -0.2) is 139 Å². The number of nitrogens with zero attached hydrogens (tertiary/aromatic N) is 1. The summed E-state index contributed by atoms with van der Waals surface area (Å²) >= 11 is 0. The molecule has 1 aromatic rings. The number of hydrogen-bond donors (Lipinski definition) is 12. The van der Waals surface area contributed by atoms with Crippen LogP contribution in [0.4, 0.5) is 0 Å². The van der Waals surface area contributed by atoms with Gasteiger partial charge in [0.15, 0.2) is 0 Å². The van der Waals surface area contributed by atoms with E-state index in [1.807, 2.05) is 13.8 Å². The number of hydrogen-bond acceptors (Lipinski definition) is 14. The molecule has 1 rings (SSSR count). The van der Waals surface area contributed by atoms with E-state index in [1.54, 1.807) is 30.3 Å². The number of imide groups is 1. The summed E-state index contributed by atoms with van der Waals surface area (Å²) in [6, 6.07) is -4.11. The molecular weight excluding hydrogens is 893 g/mol. The van der Waals surface area contributed by atoms with Gasteiger partial charge in [-0.3, -0.25) is 57.6 Å². The predicted octanol–water partition coefficient (Wildman–Crippen LogP) is -2.61. The summed E-state index contributed by atoms with van der Waals surface area (Å²) in [6.07, 6.45) is -2.72. The first kappa shape index (κ1) is 59.5. The maximum Gasteiger partial charge on any atom is 0.303 e. The molecule has 0 aliphatic rings. The van der Waals surface area contributed by atoms with Gasteiger partial charge in [0.2, 0.25) is 47.3 Å². The molecule has 8 atom stereocenters. The Morgan fingerprint density at radius 1 is 0.632 bits per heavy atom. The maximum absolute atomic E-state index is 14.7. The molecule has 16 N–H and O–H groups in total. The van der Waals surface area contributed by atoms with E-state index in [1.165, 1.54) is 13.8 Å². The van der Waals surface area contributed by atoms with Crippen molar-refractivity contribution in [3.05, 3.63) is 35.9 Å². The minimum Gasteiger partial charge on any atom is -0.481 e. The molecule has 0 fully saturated rings. The van der Waals surface area contributed by atoms with E-state index in [-0.39, 0.29) is 25.2 Å². The third kappa shape index (κ3) is 21.0. The van der Waals surface area contributed by atoms with Crippen molar-refractivity contribution in [2.75, 3.05) is 0 Å². The van der Waals surface area contributed by atoms with Gasteiger partial charge in [0.05, 0.1) is 18.1 Å². The van der Waals surface area contributed by atoms with E-state index >= 15 is 0 Å². The van der Waals surface area contributed by atoms with Crippen LogP contribution < -0.4 is 49.5 Å². The summed E-state index contributed by atoms with van der Waals surface area (Å²) in [6.45, 7) is 10.0. The topological polar surface area (TPSA) is 416 Å². The van der Waals surface area contributed by atoms with Gasteiger partial charge in [-0.25, -0.2) is 0 Å². The normalized spacial score (nSPS) is 14.9. The number of carbonyl (C=O) groups excluding carboxylic acids is 9. The molecule has 24 nitrogen and oxygen atoms in total. The van der Waals surface area contributed by atoms with Gasteiger partial charge in [-0.05, 0) is 63.9 Å². The summed E-state index contributed by atoms with van der Waals surface area (Å²) in [5.74, 6) is -13.3. The molecule has 380 valence electrons. The molecule has 0 heterocycles. The molecule has 1 aromatic carbocycles. The van der Waals surface area contributed by atoms with Gasteiger partial charge in [0.25, 0.3) is 5.91 Å². The molecule has 68 heavy (non-hydrogen) atoms. The number of carboxylic acid groups (broad SMARTS) is 2. The molecule has 0 bridgehead atoms. The molecule has 24 heteroatoms. The average Bonchev–Trinajstić information content (AvgIpc) is 3.22. The highest BCUT2D eigenvalue weighted by Gasteiger charge is 2.47. The van der Waals surface area contributed by atoms with Gasteiger partial charge in [-0.15, -0.1) is 0 Å². The van der Waals surface area contributed by atoms with E-state index in [2.05, 4.69) is 26.6 Å². The second-order valence-corrected chi connectivity index (χ2v) is 18.0. The first-order valence-corrected chi connectivity index (χ1v) is 22.1. The predicted molar refractivity (Wildman–Crippen MR) is 244 cm³/mol. The van der Waals surface area contributed by atoms with Gasteiger partial charge in [-0.1, -0.05) is 58.0 Å². The Bertz CT molecular complexity index is 1960. The fourth-order valence-electron chi connectivity index (χ4n) is 6.69. The van der Waals surface area contributed by atoms with E-state index in [0.29, 0.717) is 16.9 Å². The van der Waals surface area contributed by atoms with Gasteiger partial charge >= 0.3 is 11.9 Å².